The van der Waals surface area contributed by atoms with Crippen molar-refractivity contribution < 1.29 is 37.1 Å². The van der Waals surface area contributed by atoms with Crippen LogP contribution in [-0.4, -0.2) is 0 Å². The number of benzene rings is 2. The molecule has 20 heavy (non-hydrogen) atoms. The van der Waals surface area contributed by atoms with Gasteiger partial charge in [-0.3, -0.25) is 4.39 Å². The fourth-order valence-electron chi connectivity index (χ4n) is 1.65. The van der Waals surface area contributed by atoms with E-state index >= 15 is 0 Å². The van der Waals surface area contributed by atoms with Crippen molar-refractivity contribution >= 4 is 0 Å². The van der Waals surface area contributed by atoms with Crippen molar-refractivity contribution in [2.24, 2.45) is 0 Å². The van der Waals surface area contributed by atoms with Crippen molar-refractivity contribution in [3.05, 3.63) is 69.5 Å². The van der Waals surface area contributed by atoms with Crippen LogP contribution in [0, 0.1) is 59.5 Å². The van der Waals surface area contributed by atoms with Gasteiger partial charge in [-0.15, -0.1) is 11.6 Å². The molecule has 0 fully saturated rings. The van der Waals surface area contributed by atoms with Crippen LogP contribution in [0.5, 0.6) is 0 Å². The maximum atomic E-state index is 12.5. The van der Waals surface area contributed by atoms with Gasteiger partial charge in [-0.1, -0.05) is 41.5 Å². The molecule has 1 radical (unpaired) electrons. The first-order valence-electron chi connectivity index (χ1n) is 6.42. The molecule has 0 saturated heterocycles. The summed E-state index contributed by atoms with van der Waals surface area (Å²) >= 11 is 0. The Morgan fingerprint density at radius 2 is 1.30 bits per heavy atom. The average Bonchev–Trinajstić information content (AvgIpc) is 2.39. The molecule has 0 aliphatic heterocycles. The summed E-state index contributed by atoms with van der Waals surface area (Å²) in [5.74, 6) is -0.171. The Hall–Kier alpha value is -0.526. The first-order valence-corrected chi connectivity index (χ1v) is 6.42. The van der Waals surface area contributed by atoms with Crippen LogP contribution in [0.1, 0.15) is 33.4 Å². The zero-order valence-corrected chi connectivity index (χ0v) is 16.0. The average molecular weight is 345 g/mol. The quantitative estimate of drug-likeness (QED) is 0.592. The minimum Gasteiger partial charge on any atom is -0.284 e. The molecule has 0 aromatic heterocycles. The van der Waals surface area contributed by atoms with Crippen molar-refractivity contribution in [2.45, 2.75) is 41.5 Å². The largest absolute Gasteiger partial charge is 0.284 e. The van der Waals surface area contributed by atoms with Crippen molar-refractivity contribution in [2.75, 3.05) is 0 Å². The van der Waals surface area contributed by atoms with Gasteiger partial charge in [0.05, 0.1) is 0 Å². The summed E-state index contributed by atoms with van der Waals surface area (Å²) in [7, 11) is 0. The zero-order chi connectivity index (χ0) is 14.6. The molecule has 2 heteroatoms. The van der Waals surface area contributed by atoms with Crippen LogP contribution >= 0.6 is 0 Å². The van der Waals surface area contributed by atoms with Gasteiger partial charge >= 0.3 is 0 Å². The van der Waals surface area contributed by atoms with E-state index in [1.165, 1.54) is 28.3 Å². The zero-order valence-electron chi connectivity index (χ0n) is 13.2. The molecule has 0 N–H and O–H groups in total. The van der Waals surface area contributed by atoms with Crippen LogP contribution in [0.15, 0.2) is 18.2 Å². The Morgan fingerprint density at radius 1 is 0.750 bits per heavy atom. The van der Waals surface area contributed by atoms with Gasteiger partial charge in [0.2, 0.25) is 0 Å². The molecule has 0 aliphatic carbocycles. The van der Waals surface area contributed by atoms with E-state index in [0.29, 0.717) is 5.56 Å². The van der Waals surface area contributed by atoms with Crippen LogP contribution < -0.4 is 0 Å². The monoisotopic (exact) mass is 345 g/mol. The molecule has 105 valence electrons. The van der Waals surface area contributed by atoms with E-state index in [1.54, 1.807) is 13.0 Å². The predicted octanol–water partition coefficient (Wildman–Crippen LogP) is 4.96. The second kappa shape index (κ2) is 8.69. The van der Waals surface area contributed by atoms with Crippen LogP contribution in [0.3, 0.4) is 0 Å². The first kappa shape index (κ1) is 19.5. The van der Waals surface area contributed by atoms with Crippen LogP contribution in [-0.2, 0) is 32.7 Å². The summed E-state index contributed by atoms with van der Waals surface area (Å²) in [6.45, 7) is 12.2. The van der Waals surface area contributed by atoms with E-state index in [9.17, 15) is 4.39 Å². The minimum absolute atomic E-state index is 0. The molecule has 0 atom stereocenters. The summed E-state index contributed by atoms with van der Waals surface area (Å²) < 4.78 is 12.5. The Labute approximate surface area is 147 Å². The summed E-state index contributed by atoms with van der Waals surface area (Å²) in [6, 6.07) is 11.1. The summed E-state index contributed by atoms with van der Waals surface area (Å²) in [4.78, 5) is 0. The normalized spacial score (nSPS) is 9.35. The Kier molecular flexibility index (Phi) is 8.46. The van der Waals surface area contributed by atoms with E-state index < -0.39 is 0 Å². The van der Waals surface area contributed by atoms with Gasteiger partial charge in [0.15, 0.2) is 0 Å². The van der Waals surface area contributed by atoms with Crippen molar-refractivity contribution in [3.63, 3.8) is 0 Å². The molecular formula is C18H21FY-2. The molecule has 0 heterocycles. The van der Waals surface area contributed by atoms with Gasteiger partial charge in [-0.2, -0.15) is 52.1 Å². The Bertz CT molecular complexity index is 527. The number of hydrogen-bond acceptors (Lipinski definition) is 0. The minimum atomic E-state index is -0.171. The van der Waals surface area contributed by atoms with Gasteiger partial charge in [0.1, 0.15) is 0 Å². The smallest absolute Gasteiger partial charge is 0.0119 e. The van der Waals surface area contributed by atoms with Crippen LogP contribution in [0.25, 0.3) is 0 Å². The fourth-order valence-corrected chi connectivity index (χ4v) is 1.65. The number of aryl methyl sites for hydroxylation is 3. The fraction of sp³-hybridized carbons (Fsp3) is 0.333. The maximum Gasteiger partial charge on any atom is 0.0119 e. The van der Waals surface area contributed by atoms with Crippen molar-refractivity contribution in [1.82, 2.24) is 0 Å². The van der Waals surface area contributed by atoms with Gasteiger partial charge in [0, 0.05) is 38.5 Å². The molecule has 0 spiro atoms. The van der Waals surface area contributed by atoms with Gasteiger partial charge in [-0.05, 0) is 0 Å². The van der Waals surface area contributed by atoms with Gasteiger partial charge in [-0.25, -0.2) is 0 Å². The van der Waals surface area contributed by atoms with Gasteiger partial charge < -0.3 is 0 Å². The third-order valence-corrected chi connectivity index (χ3v) is 3.68. The SMILES string of the molecule is Cc1[c-]cc(C)c(C)c1C.Cc1c[c-]cc(F)c1C.[Y]. The number of halogens is 1. The topological polar surface area (TPSA) is 0 Å². The number of hydrogen-bond donors (Lipinski definition) is 0. The van der Waals surface area contributed by atoms with Crippen LogP contribution in [0.4, 0.5) is 4.39 Å². The molecule has 2 rings (SSSR count). The predicted molar refractivity (Wildman–Crippen MR) is 78.9 cm³/mol. The molecule has 0 saturated carbocycles. The third-order valence-electron chi connectivity index (χ3n) is 3.68. The van der Waals surface area contributed by atoms with Crippen molar-refractivity contribution in [1.29, 1.82) is 0 Å². The summed E-state index contributed by atoms with van der Waals surface area (Å²) in [5, 5.41) is 0. The van der Waals surface area contributed by atoms with E-state index in [2.05, 4.69) is 45.9 Å². The molecule has 0 aliphatic rings. The second-order valence-electron chi connectivity index (χ2n) is 4.96. The standard InChI is InChI=1S/C10H13.C8H8F.Y/c1-7-5-6-8(2)10(4)9(7)3;1-6-4-3-5-8(9)7(6)2;/h5H,1-4H3;4-5H,1-2H3;/q2*-1;. The number of rotatable bonds is 0. The summed E-state index contributed by atoms with van der Waals surface area (Å²) in [5.41, 5.74) is 7.05. The molecule has 0 unspecified atom stereocenters. The van der Waals surface area contributed by atoms with E-state index in [1.807, 2.05) is 6.92 Å². The molecule has 0 bridgehead atoms. The molecule has 2 aromatic carbocycles. The van der Waals surface area contributed by atoms with Gasteiger partial charge in [0.25, 0.3) is 0 Å². The van der Waals surface area contributed by atoms with E-state index in [0.717, 1.165) is 5.56 Å². The first-order chi connectivity index (χ1) is 8.84. The molecular weight excluding hydrogens is 324 g/mol. The molecule has 0 nitrogen and oxygen atoms in total. The molecule has 0 amide bonds. The maximum absolute atomic E-state index is 12.5. The molecule has 2 aromatic rings. The van der Waals surface area contributed by atoms with E-state index in [-0.39, 0.29) is 38.5 Å². The summed E-state index contributed by atoms with van der Waals surface area (Å²) in [6.07, 6.45) is 0. The van der Waals surface area contributed by atoms with E-state index in [4.69, 9.17) is 0 Å². The Morgan fingerprint density at radius 3 is 1.75 bits per heavy atom. The second-order valence-corrected chi connectivity index (χ2v) is 4.96. The Balaban J connectivity index is 0.000000345. The van der Waals surface area contributed by atoms with Crippen LogP contribution in [0.2, 0.25) is 0 Å². The van der Waals surface area contributed by atoms with Crippen molar-refractivity contribution in [3.8, 4) is 0 Å². The third kappa shape index (κ3) is 5.11.